The van der Waals surface area contributed by atoms with Gasteiger partial charge < -0.3 is 10.6 Å². The first-order valence-electron chi connectivity index (χ1n) is 11.5. The Labute approximate surface area is 188 Å². The summed E-state index contributed by atoms with van der Waals surface area (Å²) in [6, 6.07) is 7.05. The van der Waals surface area contributed by atoms with Gasteiger partial charge >= 0.3 is 0 Å². The van der Waals surface area contributed by atoms with Crippen LogP contribution in [-0.2, 0) is 9.59 Å². The normalized spacial score (nSPS) is 11.8. The maximum absolute atomic E-state index is 12.0. The largest absolute Gasteiger partial charge is 0.329 e. The van der Waals surface area contributed by atoms with Crippen LogP contribution < -0.4 is 10.6 Å². The summed E-state index contributed by atoms with van der Waals surface area (Å²) in [5, 5.41) is 5.43. The van der Waals surface area contributed by atoms with E-state index in [2.05, 4.69) is 66.2 Å². The number of amides is 2. The molecule has 1 aromatic rings. The minimum Gasteiger partial charge on any atom is -0.329 e. The molecule has 1 rings (SSSR count). The summed E-state index contributed by atoms with van der Waals surface area (Å²) in [5.41, 5.74) is 1.44. The Balaban J connectivity index is 2.02. The summed E-state index contributed by atoms with van der Waals surface area (Å²) in [6.07, 6.45) is 28.5. The zero-order valence-electron chi connectivity index (χ0n) is 18.9. The molecule has 0 unspecified atom stereocenters. The number of anilines is 2. The molecular formula is C27H38N2O2. The summed E-state index contributed by atoms with van der Waals surface area (Å²) >= 11 is 0. The van der Waals surface area contributed by atoms with Crippen LogP contribution in [-0.4, -0.2) is 12.3 Å². The van der Waals surface area contributed by atoms with Gasteiger partial charge in [-0.25, -0.2) is 0 Å². The number of allylic oxidation sites excluding steroid dienone is 8. The molecule has 168 valence electrons. The van der Waals surface area contributed by atoms with Gasteiger partial charge in [0, 0.05) is 17.8 Å². The standard InChI is InChI=1S/C27H38N2O2/c1-2-3-4-5-6-7-8-9-10-11-12-13-14-15-16-17-18-19-27(31)29-26-22-20-25(21-23-26)28-24-30/h6-7,9-10,12-13,15-16,20-24H,2-5,8,11,14,17-19H2,1H3,(H,28,30)(H,29,31)/b7-6-,10-9-,13-12-,16-15-. The molecule has 4 nitrogen and oxygen atoms in total. The second-order valence-electron chi connectivity index (χ2n) is 7.37. The molecule has 0 saturated carbocycles. The SMILES string of the molecule is CCCCC/C=C\C/C=C\C/C=C\C/C=C\CCCC(=O)Nc1ccc(NC=O)cc1. The fraction of sp³-hybridized carbons (Fsp3) is 0.407. The van der Waals surface area contributed by atoms with E-state index in [0.29, 0.717) is 18.5 Å². The number of hydrogen-bond donors (Lipinski definition) is 2. The quantitative estimate of drug-likeness (QED) is 0.157. The molecule has 0 radical (unpaired) electrons. The first kappa shape index (κ1) is 26.2. The average molecular weight is 423 g/mol. The third-order valence-corrected chi connectivity index (χ3v) is 4.63. The number of unbranched alkanes of at least 4 members (excludes halogenated alkanes) is 4. The highest BCUT2D eigenvalue weighted by Crippen LogP contribution is 2.13. The van der Waals surface area contributed by atoms with Crippen molar-refractivity contribution >= 4 is 23.7 Å². The van der Waals surface area contributed by atoms with Crippen molar-refractivity contribution in [3.63, 3.8) is 0 Å². The van der Waals surface area contributed by atoms with Crippen LogP contribution in [0, 0.1) is 0 Å². The molecule has 0 atom stereocenters. The summed E-state index contributed by atoms with van der Waals surface area (Å²) in [5.74, 6) is 0.00647. The van der Waals surface area contributed by atoms with Gasteiger partial charge in [0.05, 0.1) is 0 Å². The third-order valence-electron chi connectivity index (χ3n) is 4.63. The van der Waals surface area contributed by atoms with Gasteiger partial charge in [0.1, 0.15) is 0 Å². The molecule has 0 aromatic heterocycles. The highest BCUT2D eigenvalue weighted by Gasteiger charge is 2.01. The van der Waals surface area contributed by atoms with Crippen molar-refractivity contribution in [2.45, 2.75) is 71.1 Å². The minimum atomic E-state index is 0.00647. The van der Waals surface area contributed by atoms with E-state index in [1.165, 1.54) is 25.7 Å². The molecule has 0 aliphatic heterocycles. The van der Waals surface area contributed by atoms with Crippen molar-refractivity contribution in [2.75, 3.05) is 10.6 Å². The number of benzene rings is 1. The molecule has 0 spiro atoms. The lowest BCUT2D eigenvalue weighted by atomic mass is 10.2. The van der Waals surface area contributed by atoms with E-state index in [1.54, 1.807) is 24.3 Å². The maximum atomic E-state index is 12.0. The smallest absolute Gasteiger partial charge is 0.224 e. The van der Waals surface area contributed by atoms with Crippen LogP contribution in [0.1, 0.15) is 71.1 Å². The third kappa shape index (κ3) is 15.6. The fourth-order valence-electron chi connectivity index (χ4n) is 2.88. The molecule has 2 amide bonds. The average Bonchev–Trinajstić information content (AvgIpc) is 2.77. The molecular weight excluding hydrogens is 384 g/mol. The number of carbonyl (C=O) groups excluding carboxylic acids is 2. The molecule has 0 heterocycles. The molecule has 0 bridgehead atoms. The fourth-order valence-corrected chi connectivity index (χ4v) is 2.88. The summed E-state index contributed by atoms with van der Waals surface area (Å²) in [7, 11) is 0. The van der Waals surface area contributed by atoms with Crippen LogP contribution in [0.3, 0.4) is 0 Å². The van der Waals surface area contributed by atoms with Gasteiger partial charge in [-0.1, -0.05) is 68.4 Å². The molecule has 4 heteroatoms. The van der Waals surface area contributed by atoms with Crippen LogP contribution in [0.5, 0.6) is 0 Å². The number of rotatable bonds is 17. The number of carbonyl (C=O) groups is 2. The lowest BCUT2D eigenvalue weighted by Gasteiger charge is -2.05. The Kier molecular flexibility index (Phi) is 16.1. The van der Waals surface area contributed by atoms with Crippen molar-refractivity contribution in [3.8, 4) is 0 Å². The Morgan fingerprint density at radius 1 is 0.742 bits per heavy atom. The van der Waals surface area contributed by atoms with E-state index < -0.39 is 0 Å². The summed E-state index contributed by atoms with van der Waals surface area (Å²) in [6.45, 7) is 2.23. The van der Waals surface area contributed by atoms with E-state index in [0.717, 1.165) is 37.8 Å². The van der Waals surface area contributed by atoms with Crippen molar-refractivity contribution in [3.05, 3.63) is 72.9 Å². The Hall–Kier alpha value is -2.88. The zero-order valence-corrected chi connectivity index (χ0v) is 18.9. The second kappa shape index (κ2) is 19.1. The van der Waals surface area contributed by atoms with Crippen LogP contribution in [0.15, 0.2) is 72.9 Å². The van der Waals surface area contributed by atoms with Gasteiger partial charge in [-0.05, 0) is 69.2 Å². The van der Waals surface area contributed by atoms with E-state index in [9.17, 15) is 9.59 Å². The summed E-state index contributed by atoms with van der Waals surface area (Å²) in [4.78, 5) is 22.3. The van der Waals surface area contributed by atoms with Crippen molar-refractivity contribution < 1.29 is 9.59 Å². The lowest BCUT2D eigenvalue weighted by molar-refractivity contribution is -0.116. The topological polar surface area (TPSA) is 58.2 Å². The van der Waals surface area contributed by atoms with Gasteiger partial charge in [0.25, 0.3) is 0 Å². The second-order valence-corrected chi connectivity index (χ2v) is 7.37. The first-order chi connectivity index (χ1) is 15.3. The Morgan fingerprint density at radius 2 is 1.26 bits per heavy atom. The first-order valence-corrected chi connectivity index (χ1v) is 11.5. The van der Waals surface area contributed by atoms with Crippen LogP contribution in [0.2, 0.25) is 0 Å². The van der Waals surface area contributed by atoms with E-state index in [4.69, 9.17) is 0 Å². The van der Waals surface area contributed by atoms with E-state index in [-0.39, 0.29) is 5.91 Å². The van der Waals surface area contributed by atoms with Crippen LogP contribution in [0.25, 0.3) is 0 Å². The zero-order chi connectivity index (χ0) is 22.4. The molecule has 1 aromatic carbocycles. The van der Waals surface area contributed by atoms with Gasteiger partial charge in [-0.3, -0.25) is 9.59 Å². The van der Waals surface area contributed by atoms with Gasteiger partial charge in [0.15, 0.2) is 0 Å². The van der Waals surface area contributed by atoms with Gasteiger partial charge in [-0.2, -0.15) is 0 Å². The van der Waals surface area contributed by atoms with Crippen LogP contribution in [0.4, 0.5) is 11.4 Å². The lowest BCUT2D eigenvalue weighted by Crippen LogP contribution is -2.10. The predicted molar refractivity (Wildman–Crippen MR) is 133 cm³/mol. The molecule has 0 aliphatic carbocycles. The molecule has 2 N–H and O–H groups in total. The number of nitrogens with one attached hydrogen (secondary N) is 2. The van der Waals surface area contributed by atoms with Gasteiger partial charge in [0.2, 0.25) is 12.3 Å². The van der Waals surface area contributed by atoms with Crippen molar-refractivity contribution in [1.29, 1.82) is 0 Å². The van der Waals surface area contributed by atoms with E-state index in [1.807, 2.05) is 0 Å². The van der Waals surface area contributed by atoms with Gasteiger partial charge in [-0.15, -0.1) is 0 Å². The minimum absolute atomic E-state index is 0.00647. The molecule has 0 saturated heterocycles. The summed E-state index contributed by atoms with van der Waals surface area (Å²) < 4.78 is 0. The monoisotopic (exact) mass is 422 g/mol. The molecule has 31 heavy (non-hydrogen) atoms. The Morgan fingerprint density at radius 3 is 1.81 bits per heavy atom. The van der Waals surface area contributed by atoms with Crippen LogP contribution >= 0.6 is 0 Å². The van der Waals surface area contributed by atoms with Crippen molar-refractivity contribution in [1.82, 2.24) is 0 Å². The number of hydrogen-bond acceptors (Lipinski definition) is 2. The highest BCUT2D eigenvalue weighted by atomic mass is 16.1. The maximum Gasteiger partial charge on any atom is 0.224 e. The molecule has 0 aliphatic rings. The van der Waals surface area contributed by atoms with E-state index >= 15 is 0 Å². The van der Waals surface area contributed by atoms with Crippen molar-refractivity contribution in [2.24, 2.45) is 0 Å². The highest BCUT2D eigenvalue weighted by molar-refractivity contribution is 5.91. The predicted octanol–water partition coefficient (Wildman–Crippen LogP) is 7.34. The Bertz CT molecular complexity index is 715. The molecule has 0 fully saturated rings.